The van der Waals surface area contributed by atoms with E-state index in [1.165, 1.54) is 6.26 Å². The Labute approximate surface area is 121 Å². The molecule has 0 saturated heterocycles. The van der Waals surface area contributed by atoms with Crippen molar-refractivity contribution in [2.45, 2.75) is 44.7 Å². The zero-order valence-electron chi connectivity index (χ0n) is 12.7. The van der Waals surface area contributed by atoms with Gasteiger partial charge in [0.1, 0.15) is 0 Å². The maximum atomic E-state index is 11.7. The predicted molar refractivity (Wildman–Crippen MR) is 82.5 cm³/mol. The Balaban J connectivity index is 2.93. The maximum absolute atomic E-state index is 11.7. The number of aliphatic imine (C=N–C) groups is 1. The minimum atomic E-state index is -3.22. The van der Waals surface area contributed by atoms with Crippen LogP contribution in [0.3, 0.4) is 0 Å². The first-order valence-corrected chi connectivity index (χ1v) is 8.26. The lowest BCUT2D eigenvalue weighted by molar-refractivity contribution is 0.508. The van der Waals surface area contributed by atoms with Crippen LogP contribution in [0.25, 0.3) is 0 Å². The Morgan fingerprint density at radius 1 is 1.35 bits per heavy atom. The van der Waals surface area contributed by atoms with E-state index >= 15 is 0 Å². The Morgan fingerprint density at radius 2 is 1.95 bits per heavy atom. The van der Waals surface area contributed by atoms with Gasteiger partial charge in [0.15, 0.2) is 15.8 Å². The molecule has 1 rings (SSSR count). The summed E-state index contributed by atoms with van der Waals surface area (Å²) in [4.78, 5) is 4.56. The topological polar surface area (TPSA) is 84.5 Å². The molecule has 0 aliphatic heterocycles. The van der Waals surface area contributed by atoms with Crippen molar-refractivity contribution >= 4 is 15.8 Å². The number of hydrogen-bond acceptors (Lipinski definition) is 3. The molecule has 0 saturated carbocycles. The highest BCUT2D eigenvalue weighted by atomic mass is 32.2. The smallest absolute Gasteiger partial charge is 0.189 e. The van der Waals surface area contributed by atoms with Gasteiger partial charge in [-0.3, -0.25) is 0 Å². The largest absolute Gasteiger partial charge is 0.370 e. The number of guanidine groups is 1. The molecule has 0 amide bonds. The number of nitrogens with one attached hydrogen (secondary N) is 1. The zero-order valence-corrected chi connectivity index (χ0v) is 13.5. The van der Waals surface area contributed by atoms with Gasteiger partial charge in [0.25, 0.3) is 0 Å². The first-order valence-electron chi connectivity index (χ1n) is 6.37. The SMILES string of the molecule is Cc1ccc(CN=C(N)NC(C)(C)C)cc1S(C)(=O)=O. The average molecular weight is 297 g/mol. The van der Waals surface area contributed by atoms with E-state index in [4.69, 9.17) is 5.73 Å². The van der Waals surface area contributed by atoms with Crippen LogP contribution in [0.4, 0.5) is 0 Å². The van der Waals surface area contributed by atoms with E-state index in [0.29, 0.717) is 17.4 Å². The van der Waals surface area contributed by atoms with Crippen molar-refractivity contribution < 1.29 is 8.42 Å². The van der Waals surface area contributed by atoms with Crippen molar-refractivity contribution in [3.05, 3.63) is 29.3 Å². The monoisotopic (exact) mass is 297 g/mol. The average Bonchev–Trinajstić information content (AvgIpc) is 2.24. The molecule has 1 aromatic carbocycles. The van der Waals surface area contributed by atoms with Crippen LogP contribution in [-0.4, -0.2) is 26.2 Å². The van der Waals surface area contributed by atoms with Gasteiger partial charge in [0.05, 0.1) is 11.4 Å². The highest BCUT2D eigenvalue weighted by Gasteiger charge is 2.12. The summed E-state index contributed by atoms with van der Waals surface area (Å²) >= 11 is 0. The van der Waals surface area contributed by atoms with Crippen LogP contribution >= 0.6 is 0 Å². The highest BCUT2D eigenvalue weighted by molar-refractivity contribution is 7.90. The van der Waals surface area contributed by atoms with Crippen molar-refractivity contribution in [1.29, 1.82) is 0 Å². The molecule has 0 unspecified atom stereocenters. The van der Waals surface area contributed by atoms with Crippen molar-refractivity contribution in [2.24, 2.45) is 10.7 Å². The van der Waals surface area contributed by atoms with Crippen LogP contribution < -0.4 is 11.1 Å². The quantitative estimate of drug-likeness (QED) is 0.655. The highest BCUT2D eigenvalue weighted by Crippen LogP contribution is 2.17. The maximum Gasteiger partial charge on any atom is 0.189 e. The first kappa shape index (κ1) is 16.5. The van der Waals surface area contributed by atoms with Crippen LogP contribution in [0.15, 0.2) is 28.1 Å². The lowest BCUT2D eigenvalue weighted by atomic mass is 10.1. The third-order valence-electron chi connectivity index (χ3n) is 2.59. The van der Waals surface area contributed by atoms with Gasteiger partial charge in [0.2, 0.25) is 0 Å². The number of benzene rings is 1. The van der Waals surface area contributed by atoms with Gasteiger partial charge in [-0.25, -0.2) is 13.4 Å². The summed E-state index contributed by atoms with van der Waals surface area (Å²) in [5.74, 6) is 0.346. The first-order chi connectivity index (χ1) is 8.99. The fourth-order valence-corrected chi connectivity index (χ4v) is 2.76. The van der Waals surface area contributed by atoms with E-state index in [2.05, 4.69) is 10.3 Å². The molecular weight excluding hydrogens is 274 g/mol. The fraction of sp³-hybridized carbons (Fsp3) is 0.500. The normalized spacial score (nSPS) is 13.3. The van der Waals surface area contributed by atoms with E-state index in [9.17, 15) is 8.42 Å². The van der Waals surface area contributed by atoms with E-state index in [0.717, 1.165) is 11.1 Å². The van der Waals surface area contributed by atoms with Gasteiger partial charge in [-0.1, -0.05) is 12.1 Å². The Morgan fingerprint density at radius 3 is 2.45 bits per heavy atom. The van der Waals surface area contributed by atoms with Gasteiger partial charge in [0, 0.05) is 11.8 Å². The standard InChI is InChI=1S/C14H23N3O2S/c1-10-6-7-11(8-12(10)20(5,18)19)9-16-13(15)17-14(2,3)4/h6-8H,9H2,1-5H3,(H3,15,16,17). The van der Waals surface area contributed by atoms with Crippen molar-refractivity contribution in [1.82, 2.24) is 5.32 Å². The number of aryl methyl sites for hydroxylation is 1. The minimum Gasteiger partial charge on any atom is -0.370 e. The second-order valence-electron chi connectivity index (χ2n) is 5.95. The Kier molecular flexibility index (Phi) is 4.81. The molecule has 5 nitrogen and oxygen atoms in total. The molecule has 0 atom stereocenters. The molecule has 0 bridgehead atoms. The fourth-order valence-electron chi connectivity index (χ4n) is 1.74. The van der Waals surface area contributed by atoms with Crippen LogP contribution in [0.1, 0.15) is 31.9 Å². The molecule has 0 aliphatic rings. The van der Waals surface area contributed by atoms with Gasteiger partial charge in [-0.05, 0) is 44.9 Å². The van der Waals surface area contributed by atoms with Crippen LogP contribution in [-0.2, 0) is 16.4 Å². The number of nitrogens with zero attached hydrogens (tertiary/aromatic N) is 1. The molecule has 0 radical (unpaired) electrons. The molecule has 0 aromatic heterocycles. The van der Waals surface area contributed by atoms with E-state index < -0.39 is 9.84 Å². The second-order valence-corrected chi connectivity index (χ2v) is 7.93. The molecular formula is C14H23N3O2S. The van der Waals surface area contributed by atoms with Gasteiger partial charge >= 0.3 is 0 Å². The molecule has 0 heterocycles. The second kappa shape index (κ2) is 5.83. The van der Waals surface area contributed by atoms with Crippen LogP contribution in [0, 0.1) is 6.92 Å². The summed E-state index contributed by atoms with van der Waals surface area (Å²) in [6.07, 6.45) is 1.21. The van der Waals surface area contributed by atoms with Gasteiger partial charge in [-0.15, -0.1) is 0 Å². The van der Waals surface area contributed by atoms with E-state index in [-0.39, 0.29) is 5.54 Å². The summed E-state index contributed by atoms with van der Waals surface area (Å²) in [5.41, 5.74) is 7.18. The van der Waals surface area contributed by atoms with Crippen molar-refractivity contribution in [3.8, 4) is 0 Å². The molecule has 0 fully saturated rings. The van der Waals surface area contributed by atoms with Crippen LogP contribution in [0.5, 0.6) is 0 Å². The Hall–Kier alpha value is -1.56. The van der Waals surface area contributed by atoms with E-state index in [1.807, 2.05) is 26.8 Å². The Bertz CT molecular complexity index is 614. The molecule has 112 valence electrons. The summed E-state index contributed by atoms with van der Waals surface area (Å²) in [6.45, 7) is 8.09. The minimum absolute atomic E-state index is 0.154. The number of rotatable bonds is 3. The van der Waals surface area contributed by atoms with Gasteiger partial charge in [-0.2, -0.15) is 0 Å². The zero-order chi connectivity index (χ0) is 15.6. The summed E-state index contributed by atoms with van der Waals surface area (Å²) in [5, 5.41) is 3.06. The third-order valence-corrected chi connectivity index (χ3v) is 3.83. The molecule has 0 aliphatic carbocycles. The number of sulfone groups is 1. The molecule has 20 heavy (non-hydrogen) atoms. The van der Waals surface area contributed by atoms with Crippen molar-refractivity contribution in [2.75, 3.05) is 6.26 Å². The number of hydrogen-bond donors (Lipinski definition) is 2. The van der Waals surface area contributed by atoms with Gasteiger partial charge < -0.3 is 11.1 Å². The summed E-state index contributed by atoms with van der Waals surface area (Å²) in [7, 11) is -3.22. The molecule has 1 aromatic rings. The van der Waals surface area contributed by atoms with E-state index in [1.54, 1.807) is 19.1 Å². The lowest BCUT2D eigenvalue weighted by Crippen LogP contribution is -2.44. The summed E-state index contributed by atoms with van der Waals surface area (Å²) in [6, 6.07) is 5.30. The molecule has 0 spiro atoms. The molecule has 3 N–H and O–H groups in total. The lowest BCUT2D eigenvalue weighted by Gasteiger charge is -2.21. The third kappa shape index (κ3) is 5.21. The summed E-state index contributed by atoms with van der Waals surface area (Å²) < 4.78 is 23.3. The number of nitrogens with two attached hydrogens (primary N) is 1. The van der Waals surface area contributed by atoms with Crippen molar-refractivity contribution in [3.63, 3.8) is 0 Å². The van der Waals surface area contributed by atoms with Crippen LogP contribution in [0.2, 0.25) is 0 Å². The predicted octanol–water partition coefficient (Wildman–Crippen LogP) is 1.60. The molecule has 6 heteroatoms.